The van der Waals surface area contributed by atoms with E-state index >= 15 is 0 Å². The van der Waals surface area contributed by atoms with Crippen LogP contribution in [0.1, 0.15) is 15.3 Å². The first kappa shape index (κ1) is 15.1. The van der Waals surface area contributed by atoms with Crippen LogP contribution in [0.5, 0.6) is 0 Å². The molecule has 0 radical (unpaired) electrons. The third-order valence-electron chi connectivity index (χ3n) is 2.76. The number of hydrogen-bond donors (Lipinski definition) is 1. The molecule has 5 heteroatoms. The molecule has 0 fully saturated rings. The van der Waals surface area contributed by atoms with Crippen molar-refractivity contribution in [2.45, 2.75) is 20.4 Å². The van der Waals surface area contributed by atoms with Crippen LogP contribution in [0.4, 0.5) is 0 Å². The fraction of sp³-hybridized carbons (Fsp3) is 0.615. The fourth-order valence-corrected chi connectivity index (χ4v) is 2.77. The molecule has 1 N–H and O–H groups in total. The summed E-state index contributed by atoms with van der Waals surface area (Å²) in [7, 11) is 4.00. The van der Waals surface area contributed by atoms with Gasteiger partial charge >= 0.3 is 5.97 Å². The number of aryl methyl sites for hydroxylation is 2. The molecule has 0 spiro atoms. The summed E-state index contributed by atoms with van der Waals surface area (Å²) in [5, 5.41) is 8.95. The van der Waals surface area contributed by atoms with E-state index in [1.54, 1.807) is 11.3 Å². The number of carbonyl (C=O) groups is 1. The van der Waals surface area contributed by atoms with E-state index in [4.69, 9.17) is 5.11 Å². The summed E-state index contributed by atoms with van der Waals surface area (Å²) in [5.41, 5.74) is 1.25. The molecule has 18 heavy (non-hydrogen) atoms. The number of rotatable bonds is 7. The molecule has 1 aromatic heterocycles. The standard InChI is InChI=1S/C13H22N2O2S/c1-10-7-12(11(2)18-10)8-15(9-13(16)17)6-5-14(3)4/h7H,5-6,8-9H2,1-4H3,(H,16,17). The molecule has 4 nitrogen and oxygen atoms in total. The summed E-state index contributed by atoms with van der Waals surface area (Å²) in [4.78, 5) is 17.5. The lowest BCUT2D eigenvalue weighted by atomic mass is 10.2. The molecule has 0 saturated carbocycles. The maximum atomic E-state index is 10.9. The summed E-state index contributed by atoms with van der Waals surface area (Å²) >= 11 is 1.77. The molecule has 0 aliphatic heterocycles. The van der Waals surface area contributed by atoms with Crippen molar-refractivity contribution in [3.63, 3.8) is 0 Å². The number of thiophene rings is 1. The van der Waals surface area contributed by atoms with E-state index in [1.807, 2.05) is 19.0 Å². The molecule has 0 aromatic carbocycles. The molecule has 0 bridgehead atoms. The number of carboxylic acids is 1. The van der Waals surface area contributed by atoms with Crippen molar-refractivity contribution in [3.05, 3.63) is 21.4 Å². The molecular weight excluding hydrogens is 248 g/mol. The van der Waals surface area contributed by atoms with Gasteiger partial charge in [0.15, 0.2) is 0 Å². The molecule has 0 aliphatic carbocycles. The molecule has 1 rings (SSSR count). The van der Waals surface area contributed by atoms with Crippen LogP contribution in [0.25, 0.3) is 0 Å². The molecule has 1 aromatic rings. The zero-order valence-corrected chi connectivity index (χ0v) is 12.4. The Bertz CT molecular complexity index is 402. The van der Waals surface area contributed by atoms with Gasteiger partial charge in [-0.3, -0.25) is 9.69 Å². The lowest BCUT2D eigenvalue weighted by Crippen LogP contribution is -2.35. The van der Waals surface area contributed by atoms with Crippen LogP contribution in [0, 0.1) is 13.8 Å². The highest BCUT2D eigenvalue weighted by atomic mass is 32.1. The topological polar surface area (TPSA) is 43.8 Å². The van der Waals surface area contributed by atoms with Gasteiger partial charge in [-0.15, -0.1) is 11.3 Å². The van der Waals surface area contributed by atoms with Gasteiger partial charge in [0.25, 0.3) is 0 Å². The van der Waals surface area contributed by atoms with Gasteiger partial charge in [0.2, 0.25) is 0 Å². The maximum Gasteiger partial charge on any atom is 0.317 e. The molecule has 102 valence electrons. The van der Waals surface area contributed by atoms with Crippen molar-refractivity contribution in [1.82, 2.24) is 9.80 Å². The van der Waals surface area contributed by atoms with Crippen molar-refractivity contribution >= 4 is 17.3 Å². The van der Waals surface area contributed by atoms with Gasteiger partial charge in [0.05, 0.1) is 6.54 Å². The predicted molar refractivity (Wildman–Crippen MR) is 75.3 cm³/mol. The summed E-state index contributed by atoms with van der Waals surface area (Å²) in [6, 6.07) is 2.16. The van der Waals surface area contributed by atoms with Gasteiger partial charge in [-0.25, -0.2) is 0 Å². The second-order valence-corrected chi connectivity index (χ2v) is 6.31. The van der Waals surface area contributed by atoms with Crippen molar-refractivity contribution in [2.24, 2.45) is 0 Å². The third-order valence-corrected chi connectivity index (χ3v) is 3.77. The van der Waals surface area contributed by atoms with Crippen LogP contribution in [-0.4, -0.2) is 54.6 Å². The normalized spacial score (nSPS) is 11.4. The molecule has 1 heterocycles. The van der Waals surface area contributed by atoms with Crippen LogP contribution in [0.15, 0.2) is 6.07 Å². The van der Waals surface area contributed by atoms with Gasteiger partial charge in [0, 0.05) is 29.4 Å². The maximum absolute atomic E-state index is 10.9. The van der Waals surface area contributed by atoms with Gasteiger partial charge in [-0.05, 0) is 39.6 Å². The monoisotopic (exact) mass is 270 g/mol. The number of hydrogen-bond acceptors (Lipinski definition) is 4. The Labute approximate surface area is 113 Å². The highest BCUT2D eigenvalue weighted by Crippen LogP contribution is 2.21. The van der Waals surface area contributed by atoms with Crippen LogP contribution in [-0.2, 0) is 11.3 Å². The minimum Gasteiger partial charge on any atom is -0.480 e. The Kier molecular flexibility index (Phi) is 5.78. The molecule has 0 amide bonds. The Balaban J connectivity index is 2.65. The molecular formula is C13H22N2O2S. The first-order chi connectivity index (χ1) is 8.38. The summed E-state index contributed by atoms with van der Waals surface area (Å²) in [6.07, 6.45) is 0. The highest BCUT2D eigenvalue weighted by molar-refractivity contribution is 7.12. The van der Waals surface area contributed by atoms with Crippen molar-refractivity contribution in [3.8, 4) is 0 Å². The second-order valence-electron chi connectivity index (χ2n) is 4.85. The van der Waals surface area contributed by atoms with E-state index in [9.17, 15) is 4.79 Å². The van der Waals surface area contributed by atoms with Gasteiger partial charge in [-0.2, -0.15) is 0 Å². The van der Waals surface area contributed by atoms with E-state index in [0.717, 1.165) is 19.6 Å². The SMILES string of the molecule is Cc1cc(CN(CCN(C)C)CC(=O)O)c(C)s1. The van der Waals surface area contributed by atoms with E-state index in [0.29, 0.717) is 0 Å². The van der Waals surface area contributed by atoms with Gasteiger partial charge < -0.3 is 10.0 Å². The zero-order chi connectivity index (χ0) is 13.7. The first-order valence-electron chi connectivity index (χ1n) is 6.03. The van der Waals surface area contributed by atoms with Crippen LogP contribution >= 0.6 is 11.3 Å². The average Bonchev–Trinajstić information content (AvgIpc) is 2.53. The summed E-state index contributed by atoms with van der Waals surface area (Å²) in [5.74, 6) is -0.765. The number of likely N-dealkylation sites (N-methyl/N-ethyl adjacent to an activating group) is 1. The lowest BCUT2D eigenvalue weighted by Gasteiger charge is -2.22. The first-order valence-corrected chi connectivity index (χ1v) is 6.85. The van der Waals surface area contributed by atoms with Crippen LogP contribution in [0.3, 0.4) is 0 Å². The van der Waals surface area contributed by atoms with Crippen LogP contribution < -0.4 is 0 Å². The largest absolute Gasteiger partial charge is 0.480 e. The second kappa shape index (κ2) is 6.87. The number of aliphatic carboxylic acids is 1. The zero-order valence-electron chi connectivity index (χ0n) is 11.6. The fourth-order valence-electron chi connectivity index (χ4n) is 1.83. The highest BCUT2D eigenvalue weighted by Gasteiger charge is 2.13. The smallest absolute Gasteiger partial charge is 0.317 e. The Morgan fingerprint density at radius 1 is 1.33 bits per heavy atom. The average molecular weight is 270 g/mol. The number of carboxylic acid groups (broad SMARTS) is 1. The molecule has 0 aliphatic rings. The molecule has 0 unspecified atom stereocenters. The number of nitrogens with zero attached hydrogens (tertiary/aromatic N) is 2. The van der Waals surface area contributed by atoms with Gasteiger partial charge in [-0.1, -0.05) is 0 Å². The predicted octanol–water partition coefficient (Wildman–Crippen LogP) is 1.81. The third kappa shape index (κ3) is 5.16. The minimum absolute atomic E-state index is 0.0994. The van der Waals surface area contributed by atoms with E-state index < -0.39 is 5.97 Å². The van der Waals surface area contributed by atoms with Crippen molar-refractivity contribution in [1.29, 1.82) is 0 Å². The van der Waals surface area contributed by atoms with Crippen molar-refractivity contribution < 1.29 is 9.90 Å². The Morgan fingerprint density at radius 3 is 2.44 bits per heavy atom. The quantitative estimate of drug-likeness (QED) is 0.821. The van der Waals surface area contributed by atoms with E-state index in [1.165, 1.54) is 15.3 Å². The minimum atomic E-state index is -0.765. The van der Waals surface area contributed by atoms with Crippen LogP contribution in [0.2, 0.25) is 0 Å². The molecule has 0 saturated heterocycles. The molecule has 0 atom stereocenters. The summed E-state index contributed by atoms with van der Waals surface area (Å²) < 4.78 is 0. The Hall–Kier alpha value is -0.910. The van der Waals surface area contributed by atoms with Crippen molar-refractivity contribution in [2.75, 3.05) is 33.7 Å². The van der Waals surface area contributed by atoms with Gasteiger partial charge in [0.1, 0.15) is 0 Å². The van der Waals surface area contributed by atoms with E-state index in [-0.39, 0.29) is 6.54 Å². The summed E-state index contributed by atoms with van der Waals surface area (Å²) in [6.45, 7) is 6.64. The lowest BCUT2D eigenvalue weighted by molar-refractivity contribution is -0.138. The Morgan fingerprint density at radius 2 is 2.00 bits per heavy atom. The van der Waals surface area contributed by atoms with E-state index in [2.05, 4.69) is 24.8 Å².